The van der Waals surface area contributed by atoms with Crippen molar-refractivity contribution in [1.82, 2.24) is 9.80 Å². The lowest BCUT2D eigenvalue weighted by Gasteiger charge is -2.30. The monoisotopic (exact) mass is 449 g/mol. The van der Waals surface area contributed by atoms with Crippen molar-refractivity contribution >= 4 is 17.5 Å². The summed E-state index contributed by atoms with van der Waals surface area (Å²) >= 11 is 0. The van der Waals surface area contributed by atoms with E-state index in [2.05, 4.69) is 0 Å². The van der Waals surface area contributed by atoms with Crippen LogP contribution in [-0.2, 0) is 17.9 Å². The predicted octanol–water partition coefficient (Wildman–Crippen LogP) is 4.58. The summed E-state index contributed by atoms with van der Waals surface area (Å²) in [5, 5.41) is 10.9. The SMILES string of the molecule is Cc1ccc(CN(Cc2ccccc2)C(=O)CN(C(=O)c2ccc([N+](=O)[O-])cc2)C(C)C)o1. The zero-order valence-corrected chi connectivity index (χ0v) is 18.9. The second-order valence-electron chi connectivity index (χ2n) is 8.08. The number of amides is 2. The Labute approximate surface area is 192 Å². The summed E-state index contributed by atoms with van der Waals surface area (Å²) in [5.41, 5.74) is 1.16. The summed E-state index contributed by atoms with van der Waals surface area (Å²) < 4.78 is 5.67. The Hall–Kier alpha value is -3.94. The third-order valence-corrected chi connectivity index (χ3v) is 5.23. The first-order chi connectivity index (χ1) is 15.7. The number of carbonyl (C=O) groups excluding carboxylic acids is 2. The second-order valence-corrected chi connectivity index (χ2v) is 8.08. The lowest BCUT2D eigenvalue weighted by atomic mass is 10.1. The van der Waals surface area contributed by atoms with Crippen LogP contribution in [0.1, 0.15) is 41.3 Å². The van der Waals surface area contributed by atoms with Gasteiger partial charge in [-0.1, -0.05) is 30.3 Å². The van der Waals surface area contributed by atoms with Crippen LogP contribution in [0, 0.1) is 17.0 Å². The second kappa shape index (κ2) is 10.6. The van der Waals surface area contributed by atoms with Gasteiger partial charge in [0, 0.05) is 30.3 Å². The number of furan rings is 1. The third kappa shape index (κ3) is 6.29. The molecule has 33 heavy (non-hydrogen) atoms. The summed E-state index contributed by atoms with van der Waals surface area (Å²) in [6, 6.07) is 18.4. The molecule has 0 saturated carbocycles. The van der Waals surface area contributed by atoms with Crippen LogP contribution in [0.15, 0.2) is 71.1 Å². The van der Waals surface area contributed by atoms with E-state index in [-0.39, 0.29) is 36.6 Å². The van der Waals surface area contributed by atoms with Gasteiger partial charge in [-0.25, -0.2) is 0 Å². The molecule has 0 spiro atoms. The number of aryl methyl sites for hydroxylation is 1. The van der Waals surface area contributed by atoms with Crippen LogP contribution in [0.5, 0.6) is 0 Å². The van der Waals surface area contributed by atoms with Crippen LogP contribution in [0.25, 0.3) is 0 Å². The first-order valence-corrected chi connectivity index (χ1v) is 10.7. The molecular formula is C25H27N3O5. The number of nitro benzene ring substituents is 1. The highest BCUT2D eigenvalue weighted by molar-refractivity contribution is 5.96. The van der Waals surface area contributed by atoms with E-state index >= 15 is 0 Å². The number of carbonyl (C=O) groups is 2. The maximum Gasteiger partial charge on any atom is 0.269 e. The number of nitro groups is 1. The Kier molecular flexibility index (Phi) is 7.61. The van der Waals surface area contributed by atoms with E-state index in [9.17, 15) is 19.7 Å². The standard InChI is InChI=1S/C25H27N3O5/c1-18(2)27(25(30)21-10-12-22(13-11-21)28(31)32)17-24(29)26(15-20-7-5-4-6-8-20)16-23-14-9-19(3)33-23/h4-14,18H,15-17H2,1-3H3. The highest BCUT2D eigenvalue weighted by atomic mass is 16.6. The molecule has 8 heteroatoms. The van der Waals surface area contributed by atoms with Crippen LogP contribution in [0.3, 0.4) is 0 Å². The van der Waals surface area contributed by atoms with E-state index in [0.717, 1.165) is 11.3 Å². The van der Waals surface area contributed by atoms with Crippen molar-refractivity contribution in [3.05, 3.63) is 99.5 Å². The molecule has 1 aromatic heterocycles. The third-order valence-electron chi connectivity index (χ3n) is 5.23. The van der Waals surface area contributed by atoms with Crippen molar-refractivity contribution in [2.45, 2.75) is 39.9 Å². The number of benzene rings is 2. The Balaban J connectivity index is 1.80. The quantitative estimate of drug-likeness (QED) is 0.352. The molecule has 0 aliphatic carbocycles. The largest absolute Gasteiger partial charge is 0.464 e. The van der Waals surface area contributed by atoms with Crippen LogP contribution in [-0.4, -0.2) is 39.1 Å². The van der Waals surface area contributed by atoms with Crippen molar-refractivity contribution in [3.63, 3.8) is 0 Å². The highest BCUT2D eigenvalue weighted by Crippen LogP contribution is 2.17. The van der Waals surface area contributed by atoms with Gasteiger partial charge in [0.2, 0.25) is 5.91 Å². The zero-order valence-electron chi connectivity index (χ0n) is 18.9. The van der Waals surface area contributed by atoms with Crippen molar-refractivity contribution in [2.24, 2.45) is 0 Å². The van der Waals surface area contributed by atoms with E-state index in [0.29, 0.717) is 17.9 Å². The van der Waals surface area contributed by atoms with Crippen LogP contribution in [0.2, 0.25) is 0 Å². The molecule has 8 nitrogen and oxygen atoms in total. The van der Waals surface area contributed by atoms with Crippen molar-refractivity contribution in [2.75, 3.05) is 6.54 Å². The molecule has 3 aromatic rings. The fourth-order valence-electron chi connectivity index (χ4n) is 3.42. The number of hydrogen-bond acceptors (Lipinski definition) is 5. The maximum atomic E-state index is 13.4. The topological polar surface area (TPSA) is 96.9 Å². The van der Waals surface area contributed by atoms with Gasteiger partial charge >= 0.3 is 0 Å². The van der Waals surface area contributed by atoms with Crippen LogP contribution in [0.4, 0.5) is 5.69 Å². The Morgan fingerprint density at radius 1 is 0.970 bits per heavy atom. The molecule has 0 unspecified atom stereocenters. The fourth-order valence-corrected chi connectivity index (χ4v) is 3.42. The summed E-state index contributed by atoms with van der Waals surface area (Å²) in [6.07, 6.45) is 0. The normalized spacial score (nSPS) is 10.8. The average molecular weight is 450 g/mol. The molecule has 0 fully saturated rings. The number of rotatable bonds is 9. The molecule has 1 heterocycles. The van der Waals surface area contributed by atoms with Gasteiger partial charge in [-0.05, 0) is 50.6 Å². The minimum atomic E-state index is -0.518. The van der Waals surface area contributed by atoms with Gasteiger partial charge in [0.1, 0.15) is 18.1 Å². The number of hydrogen-bond donors (Lipinski definition) is 0. The molecule has 3 rings (SSSR count). The highest BCUT2D eigenvalue weighted by Gasteiger charge is 2.25. The van der Waals surface area contributed by atoms with E-state index in [1.165, 1.54) is 29.2 Å². The molecule has 0 radical (unpaired) electrons. The molecule has 0 atom stereocenters. The van der Waals surface area contributed by atoms with Gasteiger partial charge in [0.15, 0.2) is 0 Å². The zero-order chi connectivity index (χ0) is 24.0. The smallest absolute Gasteiger partial charge is 0.269 e. The minimum Gasteiger partial charge on any atom is -0.464 e. The Morgan fingerprint density at radius 3 is 2.18 bits per heavy atom. The van der Waals surface area contributed by atoms with Crippen molar-refractivity contribution in [3.8, 4) is 0 Å². The van der Waals surface area contributed by atoms with E-state index in [1.54, 1.807) is 4.90 Å². The lowest BCUT2D eigenvalue weighted by molar-refractivity contribution is -0.384. The summed E-state index contributed by atoms with van der Waals surface area (Å²) in [6.45, 7) is 6.02. The van der Waals surface area contributed by atoms with Gasteiger partial charge in [-0.2, -0.15) is 0 Å². The van der Waals surface area contributed by atoms with E-state index in [4.69, 9.17) is 4.42 Å². The molecular weight excluding hydrogens is 422 g/mol. The Morgan fingerprint density at radius 2 is 1.64 bits per heavy atom. The van der Waals surface area contributed by atoms with E-state index < -0.39 is 4.92 Å². The molecule has 0 bridgehead atoms. The molecule has 2 aromatic carbocycles. The van der Waals surface area contributed by atoms with Gasteiger partial charge in [-0.3, -0.25) is 19.7 Å². The number of nitrogens with zero attached hydrogens (tertiary/aromatic N) is 3. The molecule has 0 saturated heterocycles. The Bertz CT molecular complexity index is 1110. The van der Waals surface area contributed by atoms with Gasteiger partial charge in [0.25, 0.3) is 11.6 Å². The van der Waals surface area contributed by atoms with Crippen molar-refractivity contribution in [1.29, 1.82) is 0 Å². The summed E-state index contributed by atoms with van der Waals surface area (Å²) in [4.78, 5) is 40.0. The maximum absolute atomic E-state index is 13.4. The first kappa shape index (κ1) is 23.7. The molecule has 0 aliphatic rings. The van der Waals surface area contributed by atoms with Gasteiger partial charge in [0.05, 0.1) is 11.5 Å². The van der Waals surface area contributed by atoms with Crippen LogP contribution < -0.4 is 0 Å². The lowest BCUT2D eigenvalue weighted by Crippen LogP contribution is -2.45. The summed E-state index contributed by atoms with van der Waals surface area (Å²) in [7, 11) is 0. The van der Waals surface area contributed by atoms with Crippen LogP contribution >= 0.6 is 0 Å². The van der Waals surface area contributed by atoms with E-state index in [1.807, 2.05) is 63.2 Å². The summed E-state index contributed by atoms with van der Waals surface area (Å²) in [5.74, 6) is 0.836. The first-order valence-electron chi connectivity index (χ1n) is 10.7. The molecule has 0 aliphatic heterocycles. The predicted molar refractivity (Wildman–Crippen MR) is 123 cm³/mol. The molecule has 2 amide bonds. The van der Waals surface area contributed by atoms with Crippen molar-refractivity contribution < 1.29 is 18.9 Å². The average Bonchev–Trinajstić information content (AvgIpc) is 3.21. The van der Waals surface area contributed by atoms with Gasteiger partial charge < -0.3 is 14.2 Å². The number of non-ortho nitro benzene ring substituents is 1. The van der Waals surface area contributed by atoms with Gasteiger partial charge in [-0.15, -0.1) is 0 Å². The fraction of sp³-hybridized carbons (Fsp3) is 0.280. The molecule has 0 N–H and O–H groups in total. The minimum absolute atomic E-state index is 0.0958. The molecule has 172 valence electrons.